The van der Waals surface area contributed by atoms with Crippen LogP contribution in [0.2, 0.25) is 0 Å². The van der Waals surface area contributed by atoms with Crippen LogP contribution in [0.3, 0.4) is 0 Å². The van der Waals surface area contributed by atoms with E-state index in [1.54, 1.807) is 0 Å². The molecule has 0 saturated heterocycles. The van der Waals surface area contributed by atoms with Gasteiger partial charge < -0.3 is 9.88 Å². The van der Waals surface area contributed by atoms with E-state index in [0.29, 0.717) is 6.04 Å². The van der Waals surface area contributed by atoms with E-state index >= 15 is 0 Å². The second kappa shape index (κ2) is 6.20. The summed E-state index contributed by atoms with van der Waals surface area (Å²) in [6, 6.07) is 7.03. The molecule has 0 aliphatic rings. The third-order valence-corrected chi connectivity index (χ3v) is 3.47. The lowest BCUT2D eigenvalue weighted by molar-refractivity contribution is 0.532. The molecule has 19 heavy (non-hydrogen) atoms. The molecule has 104 valence electrons. The Balaban J connectivity index is 2.38. The fourth-order valence-corrected chi connectivity index (χ4v) is 2.61. The van der Waals surface area contributed by atoms with Crippen molar-refractivity contribution in [1.29, 1.82) is 0 Å². The maximum absolute atomic E-state index is 4.84. The minimum atomic E-state index is 0.471. The Hall–Kier alpha value is -1.35. The van der Waals surface area contributed by atoms with E-state index in [2.05, 4.69) is 55.8 Å². The first-order valence-electron chi connectivity index (χ1n) is 7.34. The molecule has 0 amide bonds. The normalized spacial score (nSPS) is 13.1. The number of fused-ring (bicyclic) bond motifs is 1. The average molecular weight is 259 g/mol. The Morgan fingerprint density at radius 1 is 1.32 bits per heavy atom. The molecule has 0 fully saturated rings. The van der Waals surface area contributed by atoms with Gasteiger partial charge in [-0.25, -0.2) is 4.98 Å². The maximum atomic E-state index is 4.84. The molecule has 1 heterocycles. The molecule has 3 heteroatoms. The van der Waals surface area contributed by atoms with Crippen LogP contribution in [0.4, 0.5) is 0 Å². The van der Waals surface area contributed by atoms with Gasteiger partial charge in [0.25, 0.3) is 0 Å². The lowest BCUT2D eigenvalue weighted by atomic mass is 10.2. The van der Waals surface area contributed by atoms with Crippen LogP contribution in [0.5, 0.6) is 0 Å². The van der Waals surface area contributed by atoms with Gasteiger partial charge in [0.2, 0.25) is 0 Å². The van der Waals surface area contributed by atoms with E-state index < -0.39 is 0 Å². The van der Waals surface area contributed by atoms with Crippen LogP contribution in [0.25, 0.3) is 11.0 Å². The zero-order valence-electron chi connectivity index (χ0n) is 12.5. The van der Waals surface area contributed by atoms with Crippen LogP contribution in [-0.4, -0.2) is 22.1 Å². The molecular weight excluding hydrogens is 234 g/mol. The predicted octanol–water partition coefficient (Wildman–Crippen LogP) is 3.30. The van der Waals surface area contributed by atoms with E-state index in [9.17, 15) is 0 Å². The van der Waals surface area contributed by atoms with E-state index in [1.807, 2.05) is 0 Å². The quantitative estimate of drug-likeness (QED) is 0.862. The minimum absolute atomic E-state index is 0.471. The lowest BCUT2D eigenvalue weighted by Gasteiger charge is -2.13. The third-order valence-electron chi connectivity index (χ3n) is 3.47. The SMILES string of the molecule is CCCn1c(CC(C)NCC)nc2cc(C)ccc21. The van der Waals surface area contributed by atoms with Crippen molar-refractivity contribution >= 4 is 11.0 Å². The largest absolute Gasteiger partial charge is 0.328 e. The molecule has 1 N–H and O–H groups in total. The van der Waals surface area contributed by atoms with E-state index in [0.717, 1.165) is 31.4 Å². The van der Waals surface area contributed by atoms with Crippen molar-refractivity contribution in [2.24, 2.45) is 0 Å². The predicted molar refractivity (Wildman–Crippen MR) is 81.6 cm³/mol. The summed E-state index contributed by atoms with van der Waals surface area (Å²) >= 11 is 0. The van der Waals surface area contributed by atoms with Gasteiger partial charge in [-0.3, -0.25) is 0 Å². The van der Waals surface area contributed by atoms with Crippen molar-refractivity contribution in [3.8, 4) is 0 Å². The number of aromatic nitrogens is 2. The molecule has 0 bridgehead atoms. The van der Waals surface area contributed by atoms with Gasteiger partial charge in [0.05, 0.1) is 11.0 Å². The number of nitrogens with one attached hydrogen (secondary N) is 1. The minimum Gasteiger partial charge on any atom is -0.328 e. The molecule has 0 aliphatic carbocycles. The molecule has 0 aliphatic heterocycles. The van der Waals surface area contributed by atoms with E-state index in [1.165, 1.54) is 16.9 Å². The summed E-state index contributed by atoms with van der Waals surface area (Å²) in [6.45, 7) is 10.8. The highest BCUT2D eigenvalue weighted by Crippen LogP contribution is 2.19. The second-order valence-electron chi connectivity index (χ2n) is 5.33. The first-order valence-corrected chi connectivity index (χ1v) is 7.34. The van der Waals surface area contributed by atoms with E-state index in [4.69, 9.17) is 4.98 Å². The number of hydrogen-bond acceptors (Lipinski definition) is 2. The highest BCUT2D eigenvalue weighted by Gasteiger charge is 2.12. The zero-order chi connectivity index (χ0) is 13.8. The molecule has 1 aromatic carbocycles. The van der Waals surface area contributed by atoms with E-state index in [-0.39, 0.29) is 0 Å². The maximum Gasteiger partial charge on any atom is 0.111 e. The monoisotopic (exact) mass is 259 g/mol. The summed E-state index contributed by atoms with van der Waals surface area (Å²) in [7, 11) is 0. The van der Waals surface area contributed by atoms with Crippen LogP contribution >= 0.6 is 0 Å². The van der Waals surface area contributed by atoms with Crippen molar-refractivity contribution in [1.82, 2.24) is 14.9 Å². The van der Waals surface area contributed by atoms with Crippen LogP contribution in [-0.2, 0) is 13.0 Å². The number of imidazole rings is 1. The average Bonchev–Trinajstić information content (AvgIpc) is 2.67. The molecule has 1 unspecified atom stereocenters. The molecule has 1 atom stereocenters. The standard InChI is InChI=1S/C16H25N3/c1-5-9-19-15-8-7-12(3)10-14(15)18-16(19)11-13(4)17-6-2/h7-8,10,13,17H,5-6,9,11H2,1-4H3. The number of aryl methyl sites for hydroxylation is 2. The van der Waals surface area contributed by atoms with Crippen molar-refractivity contribution in [3.05, 3.63) is 29.6 Å². The summed E-state index contributed by atoms with van der Waals surface area (Å²) in [5, 5.41) is 3.47. The summed E-state index contributed by atoms with van der Waals surface area (Å²) < 4.78 is 2.38. The first-order chi connectivity index (χ1) is 9.15. The Labute approximate surface area is 116 Å². The molecular formula is C16H25N3. The Morgan fingerprint density at radius 3 is 2.79 bits per heavy atom. The molecule has 3 nitrogen and oxygen atoms in total. The Morgan fingerprint density at radius 2 is 2.11 bits per heavy atom. The first kappa shape index (κ1) is 14.1. The van der Waals surface area contributed by atoms with Gasteiger partial charge in [-0.15, -0.1) is 0 Å². The topological polar surface area (TPSA) is 29.9 Å². The lowest BCUT2D eigenvalue weighted by Crippen LogP contribution is -2.28. The number of benzene rings is 1. The van der Waals surface area contributed by atoms with Crippen molar-refractivity contribution in [2.75, 3.05) is 6.54 Å². The van der Waals surface area contributed by atoms with Crippen LogP contribution < -0.4 is 5.32 Å². The van der Waals surface area contributed by atoms with Gasteiger partial charge in [0.1, 0.15) is 5.82 Å². The summed E-state index contributed by atoms with van der Waals surface area (Å²) in [5.41, 5.74) is 3.68. The number of rotatable bonds is 6. The smallest absolute Gasteiger partial charge is 0.111 e. The molecule has 2 aromatic rings. The van der Waals surface area contributed by atoms with Gasteiger partial charge in [-0.05, 0) is 44.5 Å². The Bertz CT molecular complexity index is 542. The van der Waals surface area contributed by atoms with Crippen LogP contribution in [0, 0.1) is 6.92 Å². The Kier molecular flexibility index (Phi) is 4.59. The van der Waals surface area contributed by atoms with Gasteiger partial charge in [-0.1, -0.05) is 19.9 Å². The van der Waals surface area contributed by atoms with Crippen molar-refractivity contribution < 1.29 is 0 Å². The van der Waals surface area contributed by atoms with Gasteiger partial charge in [0.15, 0.2) is 0 Å². The van der Waals surface area contributed by atoms with Crippen molar-refractivity contribution in [3.63, 3.8) is 0 Å². The van der Waals surface area contributed by atoms with Crippen molar-refractivity contribution in [2.45, 2.75) is 53.1 Å². The molecule has 0 spiro atoms. The number of hydrogen-bond donors (Lipinski definition) is 1. The fraction of sp³-hybridized carbons (Fsp3) is 0.562. The van der Waals surface area contributed by atoms with Crippen LogP contribution in [0.1, 0.15) is 38.6 Å². The third kappa shape index (κ3) is 3.16. The van der Waals surface area contributed by atoms with Gasteiger partial charge >= 0.3 is 0 Å². The highest BCUT2D eigenvalue weighted by atomic mass is 15.1. The molecule has 0 radical (unpaired) electrons. The second-order valence-corrected chi connectivity index (χ2v) is 5.33. The summed E-state index contributed by atoms with van der Waals surface area (Å²) in [5.74, 6) is 1.20. The number of likely N-dealkylation sites (N-methyl/N-ethyl adjacent to an activating group) is 1. The highest BCUT2D eigenvalue weighted by molar-refractivity contribution is 5.76. The van der Waals surface area contributed by atoms with Crippen LogP contribution in [0.15, 0.2) is 18.2 Å². The summed E-state index contributed by atoms with van der Waals surface area (Å²) in [4.78, 5) is 4.84. The molecule has 2 rings (SSSR count). The number of nitrogens with zero attached hydrogens (tertiary/aromatic N) is 2. The van der Waals surface area contributed by atoms with Gasteiger partial charge in [-0.2, -0.15) is 0 Å². The summed E-state index contributed by atoms with van der Waals surface area (Å²) in [6.07, 6.45) is 2.13. The molecule has 1 aromatic heterocycles. The molecule has 0 saturated carbocycles. The van der Waals surface area contributed by atoms with Gasteiger partial charge in [0, 0.05) is 19.0 Å². The fourth-order valence-electron chi connectivity index (χ4n) is 2.61. The zero-order valence-corrected chi connectivity index (χ0v) is 12.5.